The number of sulfone groups is 1. The van der Waals surface area contributed by atoms with Crippen LogP contribution in [0.3, 0.4) is 0 Å². The first-order valence-corrected chi connectivity index (χ1v) is 10.8. The second-order valence-corrected chi connectivity index (χ2v) is 9.10. The Bertz CT molecular complexity index is 859. The average Bonchev–Trinajstić information content (AvgIpc) is 3.07. The fraction of sp³-hybridized carbons (Fsp3) is 0.333. The SMILES string of the molecule is CC(=O)N[C@@H](CC(=O)N[C@@H](C)c1ccc(S(C)(=O)=O)cc1)c1cccs1. The van der Waals surface area contributed by atoms with Crippen LogP contribution < -0.4 is 10.6 Å². The van der Waals surface area contributed by atoms with E-state index in [0.29, 0.717) is 0 Å². The van der Waals surface area contributed by atoms with Gasteiger partial charge >= 0.3 is 0 Å². The van der Waals surface area contributed by atoms with Gasteiger partial charge in [-0.05, 0) is 36.1 Å². The Morgan fingerprint density at radius 1 is 1.12 bits per heavy atom. The zero-order valence-electron chi connectivity index (χ0n) is 14.9. The van der Waals surface area contributed by atoms with E-state index in [1.54, 1.807) is 12.1 Å². The minimum Gasteiger partial charge on any atom is -0.350 e. The molecule has 2 rings (SSSR count). The van der Waals surface area contributed by atoms with E-state index in [4.69, 9.17) is 0 Å². The van der Waals surface area contributed by atoms with Crippen LogP contribution in [0.25, 0.3) is 0 Å². The highest BCUT2D eigenvalue weighted by Crippen LogP contribution is 2.23. The van der Waals surface area contributed by atoms with E-state index in [0.717, 1.165) is 16.7 Å². The van der Waals surface area contributed by atoms with Crippen molar-refractivity contribution in [2.75, 3.05) is 6.26 Å². The van der Waals surface area contributed by atoms with Crippen molar-refractivity contribution in [1.29, 1.82) is 0 Å². The van der Waals surface area contributed by atoms with E-state index >= 15 is 0 Å². The van der Waals surface area contributed by atoms with Crippen LogP contribution in [0, 0.1) is 0 Å². The Hall–Kier alpha value is -2.19. The number of amides is 2. The van der Waals surface area contributed by atoms with Gasteiger partial charge in [0.1, 0.15) is 0 Å². The third-order valence-corrected chi connectivity index (χ3v) is 5.95. The molecular formula is C18H22N2O4S2. The van der Waals surface area contributed by atoms with Crippen molar-refractivity contribution in [2.45, 2.75) is 37.2 Å². The summed E-state index contributed by atoms with van der Waals surface area (Å²) in [5.41, 5.74) is 0.804. The molecule has 0 aliphatic carbocycles. The van der Waals surface area contributed by atoms with Crippen LogP contribution in [0.1, 0.15) is 42.8 Å². The molecule has 1 heterocycles. The fourth-order valence-electron chi connectivity index (χ4n) is 2.53. The van der Waals surface area contributed by atoms with Gasteiger partial charge in [-0.3, -0.25) is 9.59 Å². The number of benzene rings is 1. The first kappa shape index (κ1) is 20.1. The van der Waals surface area contributed by atoms with Crippen molar-refractivity contribution in [3.63, 3.8) is 0 Å². The molecule has 1 aromatic carbocycles. The summed E-state index contributed by atoms with van der Waals surface area (Å²) in [6.07, 6.45) is 1.28. The van der Waals surface area contributed by atoms with Gasteiger partial charge in [0.15, 0.2) is 9.84 Å². The Labute approximate surface area is 157 Å². The minimum absolute atomic E-state index is 0.131. The molecule has 2 N–H and O–H groups in total. The molecule has 0 radical (unpaired) electrons. The van der Waals surface area contributed by atoms with E-state index in [1.807, 2.05) is 24.4 Å². The van der Waals surface area contributed by atoms with E-state index < -0.39 is 9.84 Å². The molecule has 0 saturated carbocycles. The second-order valence-electron chi connectivity index (χ2n) is 6.10. The van der Waals surface area contributed by atoms with Gasteiger partial charge in [-0.1, -0.05) is 18.2 Å². The van der Waals surface area contributed by atoms with Crippen molar-refractivity contribution in [2.24, 2.45) is 0 Å². The molecule has 0 aliphatic rings. The number of rotatable bonds is 7. The highest BCUT2D eigenvalue weighted by Gasteiger charge is 2.19. The van der Waals surface area contributed by atoms with Crippen molar-refractivity contribution in [3.8, 4) is 0 Å². The van der Waals surface area contributed by atoms with Gasteiger partial charge in [0, 0.05) is 18.1 Å². The molecule has 0 aliphatic heterocycles. The predicted octanol–water partition coefficient (Wildman–Crippen LogP) is 2.60. The van der Waals surface area contributed by atoms with Gasteiger partial charge < -0.3 is 10.6 Å². The first-order valence-electron chi connectivity index (χ1n) is 8.06. The summed E-state index contributed by atoms with van der Waals surface area (Å²) in [5, 5.41) is 7.58. The highest BCUT2D eigenvalue weighted by molar-refractivity contribution is 7.90. The lowest BCUT2D eigenvalue weighted by Gasteiger charge is -2.19. The summed E-state index contributed by atoms with van der Waals surface area (Å²) >= 11 is 1.48. The Balaban J connectivity index is 2.02. The molecule has 2 aromatic rings. The number of carbonyl (C=O) groups excluding carboxylic acids is 2. The second kappa shape index (κ2) is 8.46. The maximum absolute atomic E-state index is 12.4. The Kier molecular flexibility index (Phi) is 6.55. The Morgan fingerprint density at radius 2 is 1.77 bits per heavy atom. The summed E-state index contributed by atoms with van der Waals surface area (Å²) in [5.74, 6) is -0.391. The van der Waals surface area contributed by atoms with Crippen molar-refractivity contribution < 1.29 is 18.0 Å². The summed E-state index contributed by atoms with van der Waals surface area (Å²) in [4.78, 5) is 24.9. The third kappa shape index (κ3) is 5.67. The van der Waals surface area contributed by atoms with Gasteiger partial charge in [-0.25, -0.2) is 8.42 Å². The molecule has 0 unspecified atom stereocenters. The fourth-order valence-corrected chi connectivity index (χ4v) is 3.94. The van der Waals surface area contributed by atoms with E-state index in [9.17, 15) is 18.0 Å². The first-order chi connectivity index (χ1) is 12.2. The molecule has 6 nitrogen and oxygen atoms in total. The topological polar surface area (TPSA) is 92.3 Å². The third-order valence-electron chi connectivity index (χ3n) is 3.84. The van der Waals surface area contributed by atoms with Crippen LogP contribution in [-0.4, -0.2) is 26.5 Å². The summed E-state index contributed by atoms with van der Waals surface area (Å²) < 4.78 is 23.0. The molecule has 8 heteroatoms. The number of carbonyl (C=O) groups is 2. The standard InChI is InChI=1S/C18H22N2O4S2/c1-12(14-6-8-15(9-7-14)26(3,23)24)19-18(22)11-16(20-13(2)21)17-5-4-10-25-17/h4-10,12,16H,11H2,1-3H3,(H,19,22)(H,20,21)/t12-,16-/m0/s1. The van der Waals surface area contributed by atoms with E-state index in [-0.39, 0.29) is 35.2 Å². The van der Waals surface area contributed by atoms with Gasteiger partial charge in [0.25, 0.3) is 0 Å². The molecular weight excluding hydrogens is 372 g/mol. The van der Waals surface area contributed by atoms with Gasteiger partial charge in [-0.15, -0.1) is 11.3 Å². The molecule has 0 saturated heterocycles. The zero-order chi connectivity index (χ0) is 19.3. The zero-order valence-corrected chi connectivity index (χ0v) is 16.5. The summed E-state index contributed by atoms with van der Waals surface area (Å²) in [7, 11) is -3.25. The molecule has 2 atom stereocenters. The molecule has 26 heavy (non-hydrogen) atoms. The molecule has 1 aromatic heterocycles. The molecule has 0 fully saturated rings. The number of hydrogen-bond donors (Lipinski definition) is 2. The molecule has 0 spiro atoms. The molecule has 2 amide bonds. The molecule has 140 valence electrons. The van der Waals surface area contributed by atoms with Gasteiger partial charge in [0.05, 0.1) is 23.4 Å². The van der Waals surface area contributed by atoms with Crippen LogP contribution in [0.2, 0.25) is 0 Å². The number of thiophene rings is 1. The van der Waals surface area contributed by atoms with Crippen LogP contribution in [0.4, 0.5) is 0 Å². The monoisotopic (exact) mass is 394 g/mol. The van der Waals surface area contributed by atoms with Crippen molar-refractivity contribution >= 4 is 33.0 Å². The van der Waals surface area contributed by atoms with Crippen LogP contribution in [0.5, 0.6) is 0 Å². The van der Waals surface area contributed by atoms with E-state index in [1.165, 1.54) is 30.4 Å². The van der Waals surface area contributed by atoms with E-state index in [2.05, 4.69) is 10.6 Å². The normalized spacial score (nSPS) is 13.7. The largest absolute Gasteiger partial charge is 0.350 e. The Morgan fingerprint density at radius 3 is 2.27 bits per heavy atom. The van der Waals surface area contributed by atoms with Crippen LogP contribution in [-0.2, 0) is 19.4 Å². The number of nitrogens with one attached hydrogen (secondary N) is 2. The highest BCUT2D eigenvalue weighted by atomic mass is 32.2. The van der Waals surface area contributed by atoms with Gasteiger partial charge in [0.2, 0.25) is 11.8 Å². The van der Waals surface area contributed by atoms with Gasteiger partial charge in [-0.2, -0.15) is 0 Å². The van der Waals surface area contributed by atoms with Crippen LogP contribution >= 0.6 is 11.3 Å². The maximum Gasteiger partial charge on any atom is 0.222 e. The summed E-state index contributed by atoms with van der Waals surface area (Å²) in [6.45, 7) is 3.25. The minimum atomic E-state index is -3.25. The lowest BCUT2D eigenvalue weighted by Crippen LogP contribution is -2.33. The lowest BCUT2D eigenvalue weighted by molar-refractivity contribution is -0.123. The number of hydrogen-bond acceptors (Lipinski definition) is 5. The smallest absolute Gasteiger partial charge is 0.222 e. The lowest BCUT2D eigenvalue weighted by atomic mass is 10.1. The average molecular weight is 395 g/mol. The van der Waals surface area contributed by atoms with Crippen molar-refractivity contribution in [1.82, 2.24) is 10.6 Å². The van der Waals surface area contributed by atoms with Crippen LogP contribution in [0.15, 0.2) is 46.7 Å². The van der Waals surface area contributed by atoms with Crippen molar-refractivity contribution in [3.05, 3.63) is 52.2 Å². The molecule has 0 bridgehead atoms. The summed E-state index contributed by atoms with van der Waals surface area (Å²) in [6, 6.07) is 9.53. The quantitative estimate of drug-likeness (QED) is 0.755. The predicted molar refractivity (Wildman–Crippen MR) is 102 cm³/mol. The maximum atomic E-state index is 12.4.